The molecule has 0 radical (unpaired) electrons. The number of likely N-dealkylation sites (N-methyl/N-ethyl adjacent to an activating group) is 1. The molecule has 17 heavy (non-hydrogen) atoms. The van der Waals surface area contributed by atoms with Crippen LogP contribution in [0.3, 0.4) is 0 Å². The van der Waals surface area contributed by atoms with Crippen LogP contribution in [0.5, 0.6) is 0 Å². The van der Waals surface area contributed by atoms with Crippen molar-refractivity contribution in [1.29, 1.82) is 0 Å². The van der Waals surface area contributed by atoms with Gasteiger partial charge in [-0.05, 0) is 18.4 Å². The van der Waals surface area contributed by atoms with Gasteiger partial charge in [-0.2, -0.15) is 0 Å². The van der Waals surface area contributed by atoms with Gasteiger partial charge >= 0.3 is 0 Å². The molecule has 1 aromatic carbocycles. The van der Waals surface area contributed by atoms with E-state index in [4.69, 9.17) is 0 Å². The van der Waals surface area contributed by atoms with E-state index in [-0.39, 0.29) is 0 Å². The first-order chi connectivity index (χ1) is 8.02. The van der Waals surface area contributed by atoms with E-state index >= 15 is 0 Å². The zero-order valence-electron chi connectivity index (χ0n) is 11.6. The van der Waals surface area contributed by atoms with Gasteiger partial charge in [-0.1, -0.05) is 49.6 Å². The molecule has 0 spiro atoms. The summed E-state index contributed by atoms with van der Waals surface area (Å²) in [5.41, 5.74) is 1.99. The molecule has 0 bridgehead atoms. The third-order valence-electron chi connectivity index (χ3n) is 3.97. The van der Waals surface area contributed by atoms with Crippen molar-refractivity contribution < 1.29 is 4.48 Å². The first-order valence-electron chi connectivity index (χ1n) is 6.88. The predicted molar refractivity (Wildman–Crippen MR) is 74.1 cm³/mol. The lowest BCUT2D eigenvalue weighted by Gasteiger charge is -2.42. The maximum Gasteiger partial charge on any atom is 0.0878 e. The Bertz CT molecular complexity index is 342. The molecule has 0 saturated heterocycles. The molecule has 94 valence electrons. The van der Waals surface area contributed by atoms with Gasteiger partial charge in [0, 0.05) is 5.41 Å². The normalized spacial score (nSPS) is 20.2. The summed E-state index contributed by atoms with van der Waals surface area (Å²) in [6.07, 6.45) is 6.95. The zero-order valence-corrected chi connectivity index (χ0v) is 11.6. The van der Waals surface area contributed by atoms with Crippen LogP contribution in [0, 0.1) is 0 Å². The lowest BCUT2D eigenvalue weighted by Crippen LogP contribution is -2.48. The summed E-state index contributed by atoms with van der Waals surface area (Å²) in [6, 6.07) is 11.2. The molecule has 0 unspecified atom stereocenters. The highest BCUT2D eigenvalue weighted by Crippen LogP contribution is 2.40. The summed E-state index contributed by atoms with van der Waals surface area (Å²) >= 11 is 0. The Kier molecular flexibility index (Phi) is 3.58. The fraction of sp³-hybridized carbons (Fsp3) is 0.625. The van der Waals surface area contributed by atoms with Crippen LogP contribution in [0.4, 0.5) is 0 Å². The van der Waals surface area contributed by atoms with E-state index in [0.717, 1.165) is 4.48 Å². The Morgan fingerprint density at radius 3 is 2.06 bits per heavy atom. The second-order valence-electron chi connectivity index (χ2n) is 6.66. The quantitative estimate of drug-likeness (QED) is 0.699. The van der Waals surface area contributed by atoms with Crippen LogP contribution in [0.1, 0.15) is 37.7 Å². The van der Waals surface area contributed by atoms with Crippen molar-refractivity contribution >= 4 is 0 Å². The topological polar surface area (TPSA) is 0 Å². The van der Waals surface area contributed by atoms with E-state index in [0.29, 0.717) is 5.41 Å². The molecule has 1 heteroatoms. The third-order valence-corrected chi connectivity index (χ3v) is 3.97. The summed E-state index contributed by atoms with van der Waals surface area (Å²) in [7, 11) is 6.96. The Balaban J connectivity index is 2.30. The standard InChI is InChI=1S/C16H26N/c1-17(2,3)14-16(12-8-5-9-13-16)15-10-6-4-7-11-15/h4,6-7,10-11H,5,8-9,12-14H2,1-3H3/q+1. The second-order valence-corrected chi connectivity index (χ2v) is 6.66. The Morgan fingerprint density at radius 1 is 0.941 bits per heavy atom. The minimum atomic E-state index is 0.428. The third kappa shape index (κ3) is 3.10. The summed E-state index contributed by atoms with van der Waals surface area (Å²) in [4.78, 5) is 0. The van der Waals surface area contributed by atoms with Crippen molar-refractivity contribution in [1.82, 2.24) is 0 Å². The van der Waals surface area contributed by atoms with Crippen molar-refractivity contribution in [2.24, 2.45) is 0 Å². The van der Waals surface area contributed by atoms with Crippen molar-refractivity contribution in [2.75, 3.05) is 27.7 Å². The maximum atomic E-state index is 2.33. The molecule has 0 heterocycles. The summed E-state index contributed by atoms with van der Waals surface area (Å²) < 4.78 is 1.06. The molecule has 1 saturated carbocycles. The van der Waals surface area contributed by atoms with Gasteiger partial charge in [0.25, 0.3) is 0 Å². The van der Waals surface area contributed by atoms with E-state index in [1.807, 2.05) is 0 Å². The van der Waals surface area contributed by atoms with Gasteiger partial charge in [0.05, 0.1) is 27.7 Å². The van der Waals surface area contributed by atoms with Crippen molar-refractivity contribution in [3.8, 4) is 0 Å². The van der Waals surface area contributed by atoms with Crippen LogP contribution in [-0.2, 0) is 5.41 Å². The zero-order chi connectivity index (χ0) is 12.4. The Hall–Kier alpha value is -0.820. The van der Waals surface area contributed by atoms with Crippen LogP contribution in [0.15, 0.2) is 30.3 Å². The SMILES string of the molecule is C[N+](C)(C)CC1(c2ccccc2)CCCCC1. The van der Waals surface area contributed by atoms with Crippen molar-refractivity contribution in [2.45, 2.75) is 37.5 Å². The maximum absolute atomic E-state index is 2.33. The highest BCUT2D eigenvalue weighted by molar-refractivity contribution is 5.26. The monoisotopic (exact) mass is 232 g/mol. The van der Waals surface area contributed by atoms with E-state index in [1.54, 1.807) is 5.56 Å². The summed E-state index contributed by atoms with van der Waals surface area (Å²) in [6.45, 7) is 1.26. The lowest BCUT2D eigenvalue weighted by molar-refractivity contribution is -0.875. The molecule has 0 N–H and O–H groups in total. The molecule has 0 amide bonds. The Morgan fingerprint density at radius 2 is 1.53 bits per heavy atom. The van der Waals surface area contributed by atoms with Gasteiger partial charge in [-0.3, -0.25) is 0 Å². The Labute approximate surface area is 106 Å². The largest absolute Gasteiger partial charge is 0.330 e. The van der Waals surface area contributed by atoms with Crippen molar-refractivity contribution in [3.63, 3.8) is 0 Å². The lowest BCUT2D eigenvalue weighted by atomic mass is 9.69. The van der Waals surface area contributed by atoms with Crippen LogP contribution >= 0.6 is 0 Å². The van der Waals surface area contributed by atoms with E-state index in [9.17, 15) is 0 Å². The van der Waals surface area contributed by atoms with Crippen LogP contribution < -0.4 is 0 Å². The number of hydrogen-bond acceptors (Lipinski definition) is 0. The first-order valence-corrected chi connectivity index (χ1v) is 6.88. The number of rotatable bonds is 3. The molecule has 1 fully saturated rings. The van der Waals surface area contributed by atoms with Crippen molar-refractivity contribution in [3.05, 3.63) is 35.9 Å². The number of quaternary nitrogens is 1. The van der Waals surface area contributed by atoms with E-state index in [2.05, 4.69) is 51.5 Å². The summed E-state index contributed by atoms with van der Waals surface area (Å²) in [5, 5.41) is 0. The number of nitrogens with zero attached hydrogens (tertiary/aromatic N) is 1. The molecular formula is C16H26N+. The van der Waals surface area contributed by atoms with Crippen LogP contribution in [-0.4, -0.2) is 32.2 Å². The van der Waals surface area contributed by atoms with Crippen LogP contribution in [0.25, 0.3) is 0 Å². The predicted octanol–water partition coefficient (Wildman–Crippen LogP) is 3.59. The minimum absolute atomic E-state index is 0.428. The van der Waals surface area contributed by atoms with Crippen LogP contribution in [0.2, 0.25) is 0 Å². The van der Waals surface area contributed by atoms with E-state index in [1.165, 1.54) is 38.6 Å². The number of hydrogen-bond donors (Lipinski definition) is 0. The second kappa shape index (κ2) is 4.81. The number of benzene rings is 1. The summed E-state index contributed by atoms with van der Waals surface area (Å²) in [5.74, 6) is 0. The average Bonchev–Trinajstić information content (AvgIpc) is 2.29. The fourth-order valence-corrected chi connectivity index (χ4v) is 3.47. The molecular weight excluding hydrogens is 206 g/mol. The van der Waals surface area contributed by atoms with Gasteiger partial charge in [0.15, 0.2) is 0 Å². The molecule has 0 aromatic heterocycles. The minimum Gasteiger partial charge on any atom is -0.330 e. The smallest absolute Gasteiger partial charge is 0.0878 e. The molecule has 1 aliphatic carbocycles. The van der Waals surface area contributed by atoms with Gasteiger partial charge < -0.3 is 4.48 Å². The first kappa shape index (κ1) is 12.6. The molecule has 2 rings (SSSR count). The van der Waals surface area contributed by atoms with E-state index < -0.39 is 0 Å². The average molecular weight is 232 g/mol. The van der Waals surface area contributed by atoms with Gasteiger partial charge in [-0.25, -0.2) is 0 Å². The molecule has 1 nitrogen and oxygen atoms in total. The highest BCUT2D eigenvalue weighted by Gasteiger charge is 2.38. The molecule has 1 aromatic rings. The van der Waals surface area contributed by atoms with Gasteiger partial charge in [-0.15, -0.1) is 0 Å². The molecule has 0 aliphatic heterocycles. The van der Waals surface area contributed by atoms with Gasteiger partial charge in [0.2, 0.25) is 0 Å². The molecule has 1 aliphatic rings. The highest BCUT2D eigenvalue weighted by atomic mass is 15.3. The molecule has 0 atom stereocenters. The fourth-order valence-electron chi connectivity index (χ4n) is 3.47. The van der Waals surface area contributed by atoms with Gasteiger partial charge in [0.1, 0.15) is 0 Å².